The average Bonchev–Trinajstić information content (AvgIpc) is 2.16. The fraction of sp³-hybridized carbons (Fsp3) is 1.00. The third-order valence-corrected chi connectivity index (χ3v) is 3.23. The van der Waals surface area contributed by atoms with Crippen LogP contribution in [0.3, 0.4) is 0 Å². The summed E-state index contributed by atoms with van der Waals surface area (Å²) in [4.78, 5) is 5.04. The van der Waals surface area contributed by atoms with Crippen LogP contribution in [0.15, 0.2) is 0 Å². The van der Waals surface area contributed by atoms with Crippen LogP contribution in [0.25, 0.3) is 0 Å². The maximum atomic E-state index is 5.04. The van der Waals surface area contributed by atoms with Gasteiger partial charge in [0, 0.05) is 37.7 Å². The SMILES string of the molecule is CON(C)CCC1CSCCN1. The average molecular weight is 190 g/mol. The minimum Gasteiger partial charge on any atom is -0.312 e. The molecule has 0 aliphatic carbocycles. The van der Waals surface area contributed by atoms with Gasteiger partial charge in [-0.05, 0) is 6.42 Å². The van der Waals surface area contributed by atoms with Gasteiger partial charge in [-0.25, -0.2) is 0 Å². The number of hydrogen-bond donors (Lipinski definition) is 1. The van der Waals surface area contributed by atoms with E-state index in [9.17, 15) is 0 Å². The van der Waals surface area contributed by atoms with E-state index in [4.69, 9.17) is 4.84 Å². The summed E-state index contributed by atoms with van der Waals surface area (Å²) in [6.45, 7) is 2.17. The topological polar surface area (TPSA) is 24.5 Å². The highest BCUT2D eigenvalue weighted by Crippen LogP contribution is 2.10. The monoisotopic (exact) mass is 190 g/mol. The van der Waals surface area contributed by atoms with Crippen molar-refractivity contribution in [3.05, 3.63) is 0 Å². The Balaban J connectivity index is 2.05. The summed E-state index contributed by atoms with van der Waals surface area (Å²) in [6, 6.07) is 0.682. The van der Waals surface area contributed by atoms with Crippen LogP contribution in [0.5, 0.6) is 0 Å². The molecule has 1 atom stereocenters. The predicted octanol–water partition coefficient (Wildman–Crippen LogP) is 0.575. The van der Waals surface area contributed by atoms with E-state index < -0.39 is 0 Å². The van der Waals surface area contributed by atoms with E-state index in [1.165, 1.54) is 17.9 Å². The molecule has 1 rings (SSSR count). The van der Waals surface area contributed by atoms with E-state index in [1.807, 2.05) is 23.9 Å². The van der Waals surface area contributed by atoms with Crippen LogP contribution >= 0.6 is 11.8 Å². The first kappa shape index (κ1) is 10.3. The van der Waals surface area contributed by atoms with Crippen molar-refractivity contribution in [2.24, 2.45) is 0 Å². The van der Waals surface area contributed by atoms with Crippen LogP contribution in [-0.4, -0.2) is 49.9 Å². The van der Waals surface area contributed by atoms with Crippen molar-refractivity contribution in [1.29, 1.82) is 0 Å². The van der Waals surface area contributed by atoms with Crippen LogP contribution in [0.4, 0.5) is 0 Å². The first-order chi connectivity index (χ1) is 5.83. The molecule has 0 radical (unpaired) electrons. The zero-order valence-electron chi connectivity index (χ0n) is 7.88. The quantitative estimate of drug-likeness (QED) is 0.655. The molecule has 0 bridgehead atoms. The first-order valence-electron chi connectivity index (χ1n) is 4.39. The van der Waals surface area contributed by atoms with Crippen molar-refractivity contribution >= 4 is 11.8 Å². The summed E-state index contributed by atoms with van der Waals surface area (Å²) >= 11 is 2.04. The zero-order chi connectivity index (χ0) is 8.81. The van der Waals surface area contributed by atoms with Gasteiger partial charge in [0.2, 0.25) is 0 Å². The molecule has 1 fully saturated rings. The maximum Gasteiger partial charge on any atom is 0.0575 e. The zero-order valence-corrected chi connectivity index (χ0v) is 8.69. The van der Waals surface area contributed by atoms with Crippen LogP contribution in [0, 0.1) is 0 Å². The molecule has 72 valence electrons. The molecule has 1 saturated heterocycles. The molecule has 0 amide bonds. The molecular formula is C8H18N2OS. The summed E-state index contributed by atoms with van der Waals surface area (Å²) in [5.41, 5.74) is 0. The number of hydroxylamine groups is 2. The van der Waals surface area contributed by atoms with Gasteiger partial charge in [-0.2, -0.15) is 16.8 Å². The Morgan fingerprint density at radius 1 is 1.67 bits per heavy atom. The minimum atomic E-state index is 0.682. The predicted molar refractivity (Wildman–Crippen MR) is 53.4 cm³/mol. The Kier molecular flexibility index (Phi) is 4.99. The molecule has 0 spiro atoms. The van der Waals surface area contributed by atoms with E-state index in [0.717, 1.165) is 13.1 Å². The standard InChI is InChI=1S/C8H18N2OS/c1-10(11-2)5-3-8-7-12-6-4-9-8/h8-9H,3-7H2,1-2H3. The molecule has 1 unspecified atom stereocenters. The Morgan fingerprint density at radius 2 is 2.50 bits per heavy atom. The molecule has 1 aliphatic heterocycles. The Morgan fingerprint density at radius 3 is 3.08 bits per heavy atom. The van der Waals surface area contributed by atoms with E-state index >= 15 is 0 Å². The van der Waals surface area contributed by atoms with Crippen LogP contribution < -0.4 is 5.32 Å². The highest BCUT2D eigenvalue weighted by atomic mass is 32.2. The smallest absolute Gasteiger partial charge is 0.0575 e. The second kappa shape index (κ2) is 5.80. The van der Waals surface area contributed by atoms with Gasteiger partial charge in [0.25, 0.3) is 0 Å². The van der Waals surface area contributed by atoms with Crippen LogP contribution in [0.1, 0.15) is 6.42 Å². The number of nitrogens with one attached hydrogen (secondary N) is 1. The number of rotatable bonds is 4. The van der Waals surface area contributed by atoms with Crippen molar-refractivity contribution in [2.45, 2.75) is 12.5 Å². The van der Waals surface area contributed by atoms with Gasteiger partial charge >= 0.3 is 0 Å². The second-order valence-corrected chi connectivity index (χ2v) is 4.20. The van der Waals surface area contributed by atoms with Crippen molar-refractivity contribution in [3.8, 4) is 0 Å². The Hall–Kier alpha value is 0.230. The summed E-state index contributed by atoms with van der Waals surface area (Å²) in [5.74, 6) is 2.51. The maximum absolute atomic E-state index is 5.04. The molecule has 0 saturated carbocycles. The lowest BCUT2D eigenvalue weighted by Gasteiger charge is -2.24. The molecule has 3 nitrogen and oxygen atoms in total. The van der Waals surface area contributed by atoms with E-state index in [0.29, 0.717) is 6.04 Å². The normalized spacial score (nSPS) is 24.8. The molecule has 12 heavy (non-hydrogen) atoms. The lowest BCUT2D eigenvalue weighted by atomic mass is 10.2. The fourth-order valence-electron chi connectivity index (χ4n) is 1.23. The van der Waals surface area contributed by atoms with Crippen LogP contribution in [0.2, 0.25) is 0 Å². The molecule has 1 aliphatic rings. The Bertz CT molecular complexity index is 118. The highest BCUT2D eigenvalue weighted by molar-refractivity contribution is 7.99. The van der Waals surface area contributed by atoms with Crippen molar-refractivity contribution in [2.75, 3.05) is 38.8 Å². The first-order valence-corrected chi connectivity index (χ1v) is 5.55. The molecular weight excluding hydrogens is 172 g/mol. The highest BCUT2D eigenvalue weighted by Gasteiger charge is 2.12. The van der Waals surface area contributed by atoms with E-state index in [1.54, 1.807) is 7.11 Å². The summed E-state index contributed by atoms with van der Waals surface area (Å²) in [5, 5.41) is 5.37. The molecule has 0 aromatic rings. The lowest BCUT2D eigenvalue weighted by Crippen LogP contribution is -2.39. The largest absolute Gasteiger partial charge is 0.312 e. The molecule has 1 N–H and O–H groups in total. The third kappa shape index (κ3) is 3.76. The van der Waals surface area contributed by atoms with Gasteiger partial charge in [-0.3, -0.25) is 0 Å². The lowest BCUT2D eigenvalue weighted by molar-refractivity contribution is -0.110. The van der Waals surface area contributed by atoms with Crippen molar-refractivity contribution < 1.29 is 4.84 Å². The Labute approximate surface area is 78.8 Å². The second-order valence-electron chi connectivity index (χ2n) is 3.05. The fourth-order valence-corrected chi connectivity index (χ4v) is 2.23. The molecule has 4 heteroatoms. The molecule has 0 aromatic carbocycles. The van der Waals surface area contributed by atoms with Gasteiger partial charge in [-0.1, -0.05) is 0 Å². The van der Waals surface area contributed by atoms with Gasteiger partial charge in [0.05, 0.1) is 7.11 Å². The van der Waals surface area contributed by atoms with Gasteiger partial charge < -0.3 is 10.2 Å². The van der Waals surface area contributed by atoms with Gasteiger partial charge in [0.1, 0.15) is 0 Å². The number of nitrogens with zero attached hydrogens (tertiary/aromatic N) is 1. The number of hydrogen-bond acceptors (Lipinski definition) is 4. The molecule has 0 aromatic heterocycles. The summed E-state index contributed by atoms with van der Waals surface area (Å²) < 4.78 is 0. The summed E-state index contributed by atoms with van der Waals surface area (Å²) in [7, 11) is 3.68. The van der Waals surface area contributed by atoms with Gasteiger partial charge in [-0.15, -0.1) is 0 Å². The van der Waals surface area contributed by atoms with Crippen molar-refractivity contribution in [1.82, 2.24) is 10.4 Å². The van der Waals surface area contributed by atoms with Crippen LogP contribution in [-0.2, 0) is 4.84 Å². The minimum absolute atomic E-state index is 0.682. The molecule has 1 heterocycles. The number of thioether (sulfide) groups is 1. The van der Waals surface area contributed by atoms with Crippen molar-refractivity contribution in [3.63, 3.8) is 0 Å². The summed E-state index contributed by atoms with van der Waals surface area (Å²) in [6.07, 6.45) is 1.18. The van der Waals surface area contributed by atoms with E-state index in [2.05, 4.69) is 5.32 Å². The van der Waals surface area contributed by atoms with Gasteiger partial charge in [0.15, 0.2) is 0 Å². The van der Waals surface area contributed by atoms with E-state index in [-0.39, 0.29) is 0 Å². The third-order valence-electron chi connectivity index (χ3n) is 2.10.